The molecule has 1 aromatic rings. The Bertz CT molecular complexity index is 758. The maximum atomic E-state index is 13.3. The van der Waals surface area contributed by atoms with Crippen molar-refractivity contribution in [3.05, 3.63) is 46.2 Å². The van der Waals surface area contributed by atoms with E-state index in [4.69, 9.17) is 16.3 Å². The summed E-state index contributed by atoms with van der Waals surface area (Å²) in [7, 11) is 0. The van der Waals surface area contributed by atoms with Crippen LogP contribution in [0.25, 0.3) is 0 Å². The Balaban J connectivity index is 1.76. The normalized spacial score (nSPS) is 28.1. The van der Waals surface area contributed by atoms with Crippen molar-refractivity contribution >= 4 is 23.3 Å². The number of ether oxygens (including phenoxy) is 1. The molecule has 1 aliphatic carbocycles. The van der Waals surface area contributed by atoms with Gasteiger partial charge in [0.1, 0.15) is 6.10 Å². The van der Waals surface area contributed by atoms with Crippen LogP contribution in [0.3, 0.4) is 0 Å². The van der Waals surface area contributed by atoms with Crippen molar-refractivity contribution in [2.75, 3.05) is 13.2 Å². The second-order valence-electron chi connectivity index (χ2n) is 7.18. The summed E-state index contributed by atoms with van der Waals surface area (Å²) in [6.45, 7) is 0.365. The molecule has 0 saturated heterocycles. The molecule has 1 saturated carbocycles. The predicted molar refractivity (Wildman–Crippen MR) is 96.5 cm³/mol. The lowest BCUT2D eigenvalue weighted by Gasteiger charge is -2.35. The summed E-state index contributed by atoms with van der Waals surface area (Å²) in [5, 5.41) is 9.82. The van der Waals surface area contributed by atoms with E-state index in [0.29, 0.717) is 23.6 Å². The fourth-order valence-corrected chi connectivity index (χ4v) is 4.48. The lowest BCUT2D eigenvalue weighted by atomic mass is 9.77. The molecule has 0 aromatic heterocycles. The Morgan fingerprint density at radius 3 is 2.62 bits per heavy atom. The highest BCUT2D eigenvalue weighted by molar-refractivity contribution is 6.30. The van der Waals surface area contributed by atoms with Gasteiger partial charge in [0, 0.05) is 18.2 Å². The number of benzene rings is 1. The molecule has 138 valence electrons. The number of carbonyl (C=O) groups is 2. The lowest BCUT2D eigenvalue weighted by molar-refractivity contribution is -0.135. The van der Waals surface area contributed by atoms with Crippen molar-refractivity contribution in [2.45, 2.75) is 44.2 Å². The number of ketones is 1. The summed E-state index contributed by atoms with van der Waals surface area (Å²) in [4.78, 5) is 27.9. The number of aliphatic hydroxyl groups excluding tert-OH is 1. The number of fused-ring (bicyclic) bond motifs is 1. The van der Waals surface area contributed by atoms with Gasteiger partial charge in [0.15, 0.2) is 11.5 Å². The van der Waals surface area contributed by atoms with Gasteiger partial charge in [0.2, 0.25) is 0 Å². The molecule has 26 heavy (non-hydrogen) atoms. The third kappa shape index (κ3) is 2.83. The molecule has 1 aromatic carbocycles. The van der Waals surface area contributed by atoms with Crippen LogP contribution in [0.15, 0.2) is 35.6 Å². The van der Waals surface area contributed by atoms with E-state index in [9.17, 15) is 14.7 Å². The van der Waals surface area contributed by atoms with Crippen LogP contribution in [0.5, 0.6) is 0 Å². The van der Waals surface area contributed by atoms with Gasteiger partial charge in [-0.3, -0.25) is 9.59 Å². The van der Waals surface area contributed by atoms with E-state index in [2.05, 4.69) is 0 Å². The van der Waals surface area contributed by atoms with E-state index in [0.717, 1.165) is 31.2 Å². The van der Waals surface area contributed by atoms with Crippen molar-refractivity contribution in [1.29, 1.82) is 0 Å². The minimum atomic E-state index is -0.461. The van der Waals surface area contributed by atoms with Crippen molar-refractivity contribution in [2.24, 2.45) is 5.92 Å². The number of carbonyl (C=O) groups excluding carboxylic acids is 2. The molecule has 0 bridgehead atoms. The molecule has 1 amide bonds. The SMILES string of the molecule is O=C1C2=C(OC3CCCCC13)C(=O)N(CCCO)C2c1ccc(Cl)cc1. The van der Waals surface area contributed by atoms with E-state index in [1.165, 1.54) is 0 Å². The molecule has 0 spiro atoms. The average molecular weight is 376 g/mol. The number of hydrogen-bond donors (Lipinski definition) is 1. The van der Waals surface area contributed by atoms with Crippen LogP contribution < -0.4 is 0 Å². The molecule has 1 N–H and O–H groups in total. The quantitative estimate of drug-likeness (QED) is 0.878. The lowest BCUT2D eigenvalue weighted by Crippen LogP contribution is -2.39. The van der Waals surface area contributed by atoms with Crippen LogP contribution in [0.2, 0.25) is 5.02 Å². The highest BCUT2D eigenvalue weighted by Crippen LogP contribution is 2.46. The molecule has 3 atom stereocenters. The first-order chi connectivity index (χ1) is 12.6. The molecule has 3 aliphatic rings. The standard InChI is InChI=1S/C20H22ClNO4/c21-13-8-6-12(7-9-13)17-16-18(24)14-4-1-2-5-15(14)26-19(16)20(25)22(17)10-3-11-23/h6-9,14-15,17,23H,1-5,10-11H2. The Hall–Kier alpha value is -1.85. The maximum absolute atomic E-state index is 13.3. The van der Waals surface area contributed by atoms with Crippen LogP contribution in [-0.4, -0.2) is 41.0 Å². The van der Waals surface area contributed by atoms with E-state index >= 15 is 0 Å². The molecule has 6 heteroatoms. The number of rotatable bonds is 4. The van der Waals surface area contributed by atoms with Crippen molar-refractivity contribution in [1.82, 2.24) is 4.90 Å². The van der Waals surface area contributed by atoms with Gasteiger partial charge in [-0.15, -0.1) is 0 Å². The van der Waals surface area contributed by atoms with E-state index < -0.39 is 6.04 Å². The first kappa shape index (κ1) is 17.6. The highest BCUT2D eigenvalue weighted by atomic mass is 35.5. The van der Waals surface area contributed by atoms with Crippen molar-refractivity contribution < 1.29 is 19.4 Å². The van der Waals surface area contributed by atoms with Crippen LogP contribution in [0, 0.1) is 5.92 Å². The number of halogens is 1. The van der Waals surface area contributed by atoms with E-state index in [-0.39, 0.29) is 36.1 Å². The van der Waals surface area contributed by atoms with E-state index in [1.807, 2.05) is 12.1 Å². The van der Waals surface area contributed by atoms with Gasteiger partial charge in [-0.1, -0.05) is 30.2 Å². The summed E-state index contributed by atoms with van der Waals surface area (Å²) in [5.74, 6) is -0.125. The molecule has 3 unspecified atom stereocenters. The molecular formula is C20H22ClNO4. The Kier molecular flexibility index (Phi) is 4.76. The summed E-state index contributed by atoms with van der Waals surface area (Å²) in [6, 6.07) is 6.77. The van der Waals surface area contributed by atoms with Crippen LogP contribution in [0.4, 0.5) is 0 Å². The Labute approximate surface area is 157 Å². The summed E-state index contributed by atoms with van der Waals surface area (Å²) < 4.78 is 6.06. The zero-order valence-corrected chi connectivity index (χ0v) is 15.2. The smallest absolute Gasteiger partial charge is 0.290 e. The second kappa shape index (κ2) is 7.05. The minimum absolute atomic E-state index is 0.0121. The minimum Gasteiger partial charge on any atom is -0.483 e. The summed E-state index contributed by atoms with van der Waals surface area (Å²) in [5.41, 5.74) is 1.33. The van der Waals surface area contributed by atoms with Crippen molar-refractivity contribution in [3.8, 4) is 0 Å². The van der Waals surface area contributed by atoms with Crippen LogP contribution in [0.1, 0.15) is 43.7 Å². The molecule has 4 rings (SSSR count). The summed E-state index contributed by atoms with van der Waals surface area (Å²) in [6.07, 6.45) is 3.97. The number of Topliss-reactive ketones (excluding diaryl/α,β-unsaturated/α-hetero) is 1. The number of amides is 1. The predicted octanol–water partition coefficient (Wildman–Crippen LogP) is 3.02. The third-order valence-electron chi connectivity index (χ3n) is 5.60. The molecule has 0 radical (unpaired) electrons. The van der Waals surface area contributed by atoms with E-state index in [1.54, 1.807) is 17.0 Å². The monoisotopic (exact) mass is 375 g/mol. The van der Waals surface area contributed by atoms with Gasteiger partial charge < -0.3 is 14.7 Å². The topological polar surface area (TPSA) is 66.8 Å². The first-order valence-corrected chi connectivity index (χ1v) is 9.62. The van der Waals surface area contributed by atoms with Gasteiger partial charge in [-0.05, 0) is 43.4 Å². The largest absolute Gasteiger partial charge is 0.483 e. The number of nitrogens with zero attached hydrogens (tertiary/aromatic N) is 1. The van der Waals surface area contributed by atoms with Crippen molar-refractivity contribution in [3.63, 3.8) is 0 Å². The first-order valence-electron chi connectivity index (χ1n) is 9.24. The third-order valence-corrected chi connectivity index (χ3v) is 5.85. The molecule has 5 nitrogen and oxygen atoms in total. The maximum Gasteiger partial charge on any atom is 0.290 e. The van der Waals surface area contributed by atoms with Gasteiger partial charge in [0.25, 0.3) is 5.91 Å². The van der Waals surface area contributed by atoms with Gasteiger partial charge in [-0.2, -0.15) is 0 Å². The van der Waals surface area contributed by atoms with Crippen LogP contribution in [-0.2, 0) is 14.3 Å². The number of hydrogen-bond acceptors (Lipinski definition) is 4. The Morgan fingerprint density at radius 2 is 1.88 bits per heavy atom. The highest BCUT2D eigenvalue weighted by Gasteiger charge is 2.51. The molecule has 2 aliphatic heterocycles. The fourth-order valence-electron chi connectivity index (χ4n) is 4.36. The van der Waals surface area contributed by atoms with Crippen LogP contribution >= 0.6 is 11.6 Å². The average Bonchev–Trinajstić information content (AvgIpc) is 2.93. The zero-order chi connectivity index (χ0) is 18.3. The second-order valence-corrected chi connectivity index (χ2v) is 7.62. The Morgan fingerprint density at radius 1 is 1.15 bits per heavy atom. The molecular weight excluding hydrogens is 354 g/mol. The molecule has 1 fully saturated rings. The van der Waals surface area contributed by atoms with Gasteiger partial charge in [0.05, 0.1) is 17.5 Å². The fraction of sp³-hybridized carbons (Fsp3) is 0.500. The van der Waals surface area contributed by atoms with Gasteiger partial charge in [-0.25, -0.2) is 0 Å². The number of aliphatic hydroxyl groups is 1. The molecule has 2 heterocycles. The van der Waals surface area contributed by atoms with Gasteiger partial charge >= 0.3 is 0 Å². The summed E-state index contributed by atoms with van der Waals surface area (Å²) >= 11 is 6.01. The zero-order valence-electron chi connectivity index (χ0n) is 14.5.